The molecule has 6 heteroatoms. The van der Waals surface area contributed by atoms with Crippen LogP contribution in [0, 0.1) is 20.8 Å². The molecule has 0 atom stereocenters. The predicted molar refractivity (Wildman–Crippen MR) is 83.0 cm³/mol. The van der Waals surface area contributed by atoms with Crippen LogP contribution in [-0.4, -0.2) is 48.2 Å². The molecule has 1 fully saturated rings. The molecule has 1 aliphatic rings. The fraction of sp³-hybridized carbons (Fsp3) is 0.571. The molecular formula is C14H24BN3O2. The lowest BCUT2D eigenvalue weighted by Crippen LogP contribution is -2.44. The molecular weight excluding hydrogens is 253 g/mol. The number of nitrogens with zero attached hydrogens (tertiary/aromatic N) is 1. The van der Waals surface area contributed by atoms with Crippen LogP contribution in [0.15, 0.2) is 0 Å². The third-order valence-corrected chi connectivity index (χ3v) is 4.37. The standard InChI is InChI=1S/C14H24BN3O2/c1-9-12(8-18-6-4-17-5-7-18)10(2)14(16)11(3)13(9)15(19)20/h17,19-20H,4-8,16H2,1-3H3. The van der Waals surface area contributed by atoms with E-state index < -0.39 is 7.12 Å². The Labute approximate surface area is 120 Å². The molecule has 110 valence electrons. The van der Waals surface area contributed by atoms with Crippen molar-refractivity contribution in [3.05, 3.63) is 22.3 Å². The summed E-state index contributed by atoms with van der Waals surface area (Å²) in [5, 5.41) is 22.5. The van der Waals surface area contributed by atoms with Gasteiger partial charge in [0, 0.05) is 38.4 Å². The van der Waals surface area contributed by atoms with Crippen molar-refractivity contribution in [1.82, 2.24) is 10.2 Å². The number of rotatable bonds is 3. The van der Waals surface area contributed by atoms with Crippen molar-refractivity contribution in [3.63, 3.8) is 0 Å². The van der Waals surface area contributed by atoms with Crippen LogP contribution in [-0.2, 0) is 6.54 Å². The lowest BCUT2D eigenvalue weighted by molar-refractivity contribution is 0.232. The van der Waals surface area contributed by atoms with Crippen LogP contribution in [0.5, 0.6) is 0 Å². The fourth-order valence-corrected chi connectivity index (χ4v) is 3.03. The second kappa shape index (κ2) is 6.14. The summed E-state index contributed by atoms with van der Waals surface area (Å²) in [5.74, 6) is 0. The van der Waals surface area contributed by atoms with E-state index in [4.69, 9.17) is 5.73 Å². The average molecular weight is 277 g/mol. The molecule has 5 nitrogen and oxygen atoms in total. The highest BCUT2D eigenvalue weighted by atomic mass is 16.4. The topological polar surface area (TPSA) is 81.8 Å². The van der Waals surface area contributed by atoms with Crippen LogP contribution in [0.3, 0.4) is 0 Å². The highest BCUT2D eigenvalue weighted by Crippen LogP contribution is 2.24. The minimum atomic E-state index is -1.47. The van der Waals surface area contributed by atoms with E-state index in [1.54, 1.807) is 0 Å². The van der Waals surface area contributed by atoms with Gasteiger partial charge in [-0.25, -0.2) is 0 Å². The van der Waals surface area contributed by atoms with Crippen molar-refractivity contribution in [2.75, 3.05) is 31.9 Å². The Kier molecular flexibility index (Phi) is 4.70. The van der Waals surface area contributed by atoms with E-state index in [0.29, 0.717) is 11.2 Å². The molecule has 1 heterocycles. The van der Waals surface area contributed by atoms with Gasteiger partial charge < -0.3 is 21.1 Å². The summed E-state index contributed by atoms with van der Waals surface area (Å²) in [7, 11) is -1.47. The van der Waals surface area contributed by atoms with Crippen LogP contribution in [0.2, 0.25) is 0 Å². The van der Waals surface area contributed by atoms with E-state index in [1.165, 1.54) is 0 Å². The number of nitrogen functional groups attached to an aromatic ring is 1. The molecule has 20 heavy (non-hydrogen) atoms. The van der Waals surface area contributed by atoms with E-state index in [-0.39, 0.29) is 0 Å². The Bertz CT molecular complexity index is 500. The van der Waals surface area contributed by atoms with Gasteiger partial charge in [-0.1, -0.05) is 0 Å². The Balaban J connectivity index is 2.41. The highest BCUT2D eigenvalue weighted by Gasteiger charge is 2.24. The van der Waals surface area contributed by atoms with Crippen LogP contribution >= 0.6 is 0 Å². The number of anilines is 1. The van der Waals surface area contributed by atoms with E-state index >= 15 is 0 Å². The molecule has 0 aromatic heterocycles. The van der Waals surface area contributed by atoms with E-state index in [9.17, 15) is 10.0 Å². The highest BCUT2D eigenvalue weighted by molar-refractivity contribution is 6.60. The molecule has 5 N–H and O–H groups in total. The maximum absolute atomic E-state index is 9.61. The molecule has 0 saturated carbocycles. The van der Waals surface area contributed by atoms with Gasteiger partial charge in [-0.3, -0.25) is 4.90 Å². The smallest absolute Gasteiger partial charge is 0.423 e. The van der Waals surface area contributed by atoms with Crippen molar-refractivity contribution >= 4 is 18.3 Å². The molecule has 0 spiro atoms. The number of nitrogens with two attached hydrogens (primary N) is 1. The number of benzene rings is 1. The Morgan fingerprint density at radius 3 is 2.25 bits per heavy atom. The lowest BCUT2D eigenvalue weighted by atomic mass is 9.71. The van der Waals surface area contributed by atoms with Gasteiger partial charge >= 0.3 is 7.12 Å². The zero-order valence-electron chi connectivity index (χ0n) is 12.5. The first-order valence-electron chi connectivity index (χ1n) is 7.10. The first-order valence-corrected chi connectivity index (χ1v) is 7.10. The van der Waals surface area contributed by atoms with Gasteiger partial charge in [0.15, 0.2) is 0 Å². The van der Waals surface area contributed by atoms with Gasteiger partial charge in [0.2, 0.25) is 0 Å². The quantitative estimate of drug-likeness (QED) is 0.433. The van der Waals surface area contributed by atoms with Crippen LogP contribution < -0.4 is 16.5 Å². The molecule has 1 aromatic rings. The Hall–Kier alpha value is -1.08. The van der Waals surface area contributed by atoms with Gasteiger partial charge in [-0.2, -0.15) is 0 Å². The van der Waals surface area contributed by atoms with Gasteiger partial charge in [-0.05, 0) is 48.5 Å². The van der Waals surface area contributed by atoms with Crippen molar-refractivity contribution in [3.8, 4) is 0 Å². The lowest BCUT2D eigenvalue weighted by Gasteiger charge is -2.30. The van der Waals surface area contributed by atoms with E-state index in [2.05, 4.69) is 10.2 Å². The third-order valence-electron chi connectivity index (χ3n) is 4.37. The fourth-order valence-electron chi connectivity index (χ4n) is 3.03. The summed E-state index contributed by atoms with van der Waals surface area (Å²) in [6.07, 6.45) is 0. The minimum Gasteiger partial charge on any atom is -0.423 e. The molecule has 2 rings (SSSR count). The molecule has 0 aliphatic carbocycles. The maximum atomic E-state index is 9.61. The summed E-state index contributed by atoms with van der Waals surface area (Å²) in [5.41, 5.74) is 11.3. The van der Waals surface area contributed by atoms with Gasteiger partial charge in [-0.15, -0.1) is 0 Å². The summed E-state index contributed by atoms with van der Waals surface area (Å²) in [4.78, 5) is 2.37. The normalized spacial score (nSPS) is 16.4. The first-order chi connectivity index (χ1) is 9.43. The second-order valence-electron chi connectivity index (χ2n) is 5.58. The third kappa shape index (κ3) is 2.83. The summed E-state index contributed by atoms with van der Waals surface area (Å²) < 4.78 is 0. The zero-order chi connectivity index (χ0) is 14.9. The van der Waals surface area contributed by atoms with Crippen LogP contribution in [0.1, 0.15) is 22.3 Å². The monoisotopic (exact) mass is 277 g/mol. The average Bonchev–Trinajstić information content (AvgIpc) is 2.42. The number of hydrogen-bond donors (Lipinski definition) is 4. The van der Waals surface area contributed by atoms with Crippen LogP contribution in [0.4, 0.5) is 5.69 Å². The number of hydrogen-bond acceptors (Lipinski definition) is 5. The van der Waals surface area contributed by atoms with Crippen LogP contribution in [0.25, 0.3) is 0 Å². The number of nitrogens with one attached hydrogen (secondary N) is 1. The van der Waals surface area contributed by atoms with E-state index in [0.717, 1.165) is 55.0 Å². The second-order valence-corrected chi connectivity index (χ2v) is 5.58. The Morgan fingerprint density at radius 1 is 1.10 bits per heavy atom. The molecule has 0 bridgehead atoms. The summed E-state index contributed by atoms with van der Waals surface area (Å²) in [6.45, 7) is 10.6. The Morgan fingerprint density at radius 2 is 1.70 bits per heavy atom. The predicted octanol–water partition coefficient (Wildman–Crippen LogP) is -0.721. The molecule has 1 aliphatic heterocycles. The largest absolute Gasteiger partial charge is 0.489 e. The zero-order valence-corrected chi connectivity index (χ0v) is 12.5. The summed E-state index contributed by atoms with van der Waals surface area (Å²) in [6, 6.07) is 0. The van der Waals surface area contributed by atoms with Gasteiger partial charge in [0.1, 0.15) is 0 Å². The van der Waals surface area contributed by atoms with Crippen molar-refractivity contribution < 1.29 is 10.0 Å². The SMILES string of the molecule is Cc1c(N)c(C)c(B(O)O)c(C)c1CN1CCNCC1. The van der Waals surface area contributed by atoms with Crippen molar-refractivity contribution in [2.45, 2.75) is 27.3 Å². The van der Waals surface area contributed by atoms with Gasteiger partial charge in [0.05, 0.1) is 0 Å². The molecule has 0 radical (unpaired) electrons. The first kappa shape index (κ1) is 15.3. The molecule has 1 saturated heterocycles. The van der Waals surface area contributed by atoms with Crippen molar-refractivity contribution in [2.24, 2.45) is 0 Å². The van der Waals surface area contributed by atoms with E-state index in [1.807, 2.05) is 20.8 Å². The minimum absolute atomic E-state index is 0.554. The summed E-state index contributed by atoms with van der Waals surface area (Å²) >= 11 is 0. The maximum Gasteiger partial charge on any atom is 0.489 e. The van der Waals surface area contributed by atoms with Crippen molar-refractivity contribution in [1.29, 1.82) is 0 Å². The molecule has 0 unspecified atom stereocenters. The molecule has 0 amide bonds. The number of piperazine rings is 1. The molecule has 1 aromatic carbocycles. The van der Waals surface area contributed by atoms with Gasteiger partial charge in [0.25, 0.3) is 0 Å².